The zero-order chi connectivity index (χ0) is 13.6. The van der Waals surface area contributed by atoms with Crippen LogP contribution in [-0.4, -0.2) is 47.7 Å². The molecule has 5 heteroatoms. The molecule has 0 aromatic rings. The third kappa shape index (κ3) is 2.24. The fourth-order valence-corrected chi connectivity index (χ4v) is 4.09. The summed E-state index contributed by atoms with van der Waals surface area (Å²) in [6.45, 7) is 0.559. The Bertz CT molecular complexity index is 387. The van der Waals surface area contributed by atoms with Crippen molar-refractivity contribution >= 4 is 11.9 Å². The maximum atomic E-state index is 12.6. The van der Waals surface area contributed by atoms with Crippen LogP contribution < -0.4 is 0 Å². The second kappa shape index (κ2) is 4.78. The van der Waals surface area contributed by atoms with Gasteiger partial charge in [0.15, 0.2) is 0 Å². The van der Waals surface area contributed by atoms with E-state index >= 15 is 0 Å². The minimum atomic E-state index is -0.837. The molecule has 1 aliphatic heterocycles. The molecule has 2 saturated carbocycles. The maximum absolute atomic E-state index is 12.6. The van der Waals surface area contributed by atoms with Crippen molar-refractivity contribution in [2.24, 2.45) is 17.8 Å². The average molecular weight is 267 g/mol. The molecule has 4 unspecified atom stereocenters. The quantitative estimate of drug-likeness (QED) is 0.829. The zero-order valence-corrected chi connectivity index (χ0v) is 11.2. The van der Waals surface area contributed by atoms with Crippen molar-refractivity contribution in [2.45, 2.75) is 44.2 Å². The molecule has 1 amide bonds. The number of rotatable bonds is 4. The number of hydrogen-bond donors (Lipinski definition) is 1. The molecule has 0 aromatic heterocycles. The number of ether oxygens (including phenoxy) is 1. The fourth-order valence-electron chi connectivity index (χ4n) is 4.09. The van der Waals surface area contributed by atoms with Gasteiger partial charge >= 0.3 is 5.97 Å². The number of carbonyl (C=O) groups excluding carboxylic acids is 1. The third-order valence-electron chi connectivity index (χ3n) is 5.09. The normalized spacial score (nSPS) is 40.3. The molecule has 106 valence electrons. The van der Waals surface area contributed by atoms with Crippen LogP contribution in [0.25, 0.3) is 0 Å². The van der Waals surface area contributed by atoms with Gasteiger partial charge < -0.3 is 14.7 Å². The van der Waals surface area contributed by atoms with E-state index in [0.29, 0.717) is 24.8 Å². The Morgan fingerprint density at radius 3 is 2.58 bits per heavy atom. The molecule has 0 aromatic carbocycles. The number of nitrogens with zero attached hydrogens (tertiary/aromatic N) is 1. The highest BCUT2D eigenvalue weighted by molar-refractivity contribution is 5.83. The summed E-state index contributed by atoms with van der Waals surface area (Å²) in [4.78, 5) is 25.3. The van der Waals surface area contributed by atoms with E-state index in [1.54, 1.807) is 12.0 Å². The highest BCUT2D eigenvalue weighted by Crippen LogP contribution is 2.58. The minimum Gasteiger partial charge on any atom is -0.481 e. The number of hydrogen-bond acceptors (Lipinski definition) is 3. The van der Waals surface area contributed by atoms with Crippen molar-refractivity contribution in [3.8, 4) is 0 Å². The number of aliphatic carboxylic acids is 1. The van der Waals surface area contributed by atoms with Crippen LogP contribution in [0.5, 0.6) is 0 Å². The molecule has 4 atom stereocenters. The molecule has 1 N–H and O–H groups in total. The Kier molecular flexibility index (Phi) is 3.25. The molecule has 2 aliphatic carbocycles. The number of methoxy groups -OCH3 is 1. The monoisotopic (exact) mass is 267 g/mol. The van der Waals surface area contributed by atoms with Gasteiger partial charge in [-0.2, -0.15) is 0 Å². The first-order chi connectivity index (χ1) is 9.11. The lowest BCUT2D eigenvalue weighted by molar-refractivity contribution is -0.140. The maximum Gasteiger partial charge on any atom is 0.305 e. The summed E-state index contributed by atoms with van der Waals surface area (Å²) in [6.07, 6.45) is 4.27. The molecule has 3 fully saturated rings. The van der Waals surface area contributed by atoms with E-state index in [9.17, 15) is 9.59 Å². The summed E-state index contributed by atoms with van der Waals surface area (Å²) < 4.78 is 5.31. The lowest BCUT2D eigenvalue weighted by Gasteiger charge is -2.24. The van der Waals surface area contributed by atoms with Gasteiger partial charge in [-0.05, 0) is 31.1 Å². The SMILES string of the molecule is COC1CC(CC(=O)O)N(C(=O)C2C3CCCC32)C1. The van der Waals surface area contributed by atoms with Gasteiger partial charge in [-0.15, -0.1) is 0 Å². The Morgan fingerprint density at radius 2 is 2.00 bits per heavy atom. The third-order valence-corrected chi connectivity index (χ3v) is 5.09. The van der Waals surface area contributed by atoms with Crippen LogP contribution in [0.1, 0.15) is 32.1 Å². The lowest BCUT2D eigenvalue weighted by atomic mass is 10.1. The van der Waals surface area contributed by atoms with Crippen LogP contribution in [0, 0.1) is 17.8 Å². The van der Waals surface area contributed by atoms with Crippen molar-refractivity contribution in [2.75, 3.05) is 13.7 Å². The molecule has 3 aliphatic rings. The molecular weight excluding hydrogens is 246 g/mol. The van der Waals surface area contributed by atoms with Crippen molar-refractivity contribution in [3.63, 3.8) is 0 Å². The van der Waals surface area contributed by atoms with E-state index in [2.05, 4.69) is 0 Å². The standard InChI is InChI=1S/C14H21NO4/c1-19-9-5-8(6-12(16)17)15(7-9)14(18)13-10-3-2-4-11(10)13/h8-11,13H,2-7H2,1H3,(H,16,17). The molecule has 1 heterocycles. The summed E-state index contributed by atoms with van der Waals surface area (Å²) in [5.74, 6) is 0.691. The van der Waals surface area contributed by atoms with Crippen molar-refractivity contribution in [1.29, 1.82) is 0 Å². The Hall–Kier alpha value is -1.10. The van der Waals surface area contributed by atoms with Gasteiger partial charge in [-0.1, -0.05) is 6.42 Å². The van der Waals surface area contributed by atoms with Crippen LogP contribution in [-0.2, 0) is 14.3 Å². The largest absolute Gasteiger partial charge is 0.481 e. The molecule has 3 rings (SSSR count). The topological polar surface area (TPSA) is 66.8 Å². The Labute approximate surface area is 112 Å². The first-order valence-electron chi connectivity index (χ1n) is 7.17. The molecule has 1 saturated heterocycles. The fraction of sp³-hybridized carbons (Fsp3) is 0.857. The van der Waals surface area contributed by atoms with Gasteiger partial charge in [0.25, 0.3) is 0 Å². The Balaban J connectivity index is 1.67. The van der Waals surface area contributed by atoms with E-state index in [1.165, 1.54) is 19.3 Å². The highest BCUT2D eigenvalue weighted by atomic mass is 16.5. The molecule has 19 heavy (non-hydrogen) atoms. The van der Waals surface area contributed by atoms with Crippen LogP contribution in [0.3, 0.4) is 0 Å². The molecule has 0 radical (unpaired) electrons. The Morgan fingerprint density at radius 1 is 1.32 bits per heavy atom. The van der Waals surface area contributed by atoms with Gasteiger partial charge in [0.1, 0.15) is 0 Å². The van der Waals surface area contributed by atoms with E-state index in [4.69, 9.17) is 9.84 Å². The van der Waals surface area contributed by atoms with Gasteiger partial charge in [0.05, 0.1) is 12.5 Å². The predicted molar refractivity (Wildman–Crippen MR) is 67.5 cm³/mol. The minimum absolute atomic E-state index is 0.00751. The van der Waals surface area contributed by atoms with E-state index in [-0.39, 0.29) is 30.4 Å². The van der Waals surface area contributed by atoms with Crippen LogP contribution in [0.15, 0.2) is 0 Å². The van der Waals surface area contributed by atoms with Crippen molar-refractivity contribution in [3.05, 3.63) is 0 Å². The second-order valence-electron chi connectivity index (χ2n) is 6.12. The number of carboxylic acid groups (broad SMARTS) is 1. The highest BCUT2D eigenvalue weighted by Gasteiger charge is 2.58. The van der Waals surface area contributed by atoms with E-state index in [1.807, 2.05) is 0 Å². The van der Waals surface area contributed by atoms with E-state index in [0.717, 1.165) is 0 Å². The predicted octanol–water partition coefficient (Wildman–Crippen LogP) is 1.12. The van der Waals surface area contributed by atoms with Gasteiger partial charge in [-0.3, -0.25) is 9.59 Å². The smallest absolute Gasteiger partial charge is 0.305 e. The average Bonchev–Trinajstić information content (AvgIpc) is 2.77. The van der Waals surface area contributed by atoms with Gasteiger partial charge in [0.2, 0.25) is 5.91 Å². The summed E-state index contributed by atoms with van der Waals surface area (Å²) in [5.41, 5.74) is 0. The summed E-state index contributed by atoms with van der Waals surface area (Å²) in [6, 6.07) is -0.184. The molecular formula is C14H21NO4. The first-order valence-corrected chi connectivity index (χ1v) is 7.17. The van der Waals surface area contributed by atoms with Crippen molar-refractivity contribution in [1.82, 2.24) is 4.90 Å². The molecule has 5 nitrogen and oxygen atoms in total. The summed E-state index contributed by atoms with van der Waals surface area (Å²) in [7, 11) is 1.63. The van der Waals surface area contributed by atoms with Crippen LogP contribution in [0.2, 0.25) is 0 Å². The van der Waals surface area contributed by atoms with Gasteiger partial charge in [0, 0.05) is 25.6 Å². The second-order valence-corrected chi connectivity index (χ2v) is 6.12. The molecule has 0 bridgehead atoms. The van der Waals surface area contributed by atoms with Crippen LogP contribution in [0.4, 0.5) is 0 Å². The zero-order valence-electron chi connectivity index (χ0n) is 11.2. The lowest BCUT2D eigenvalue weighted by Crippen LogP contribution is -2.39. The number of likely N-dealkylation sites (tertiary alicyclic amines) is 1. The number of carbonyl (C=O) groups is 2. The number of amides is 1. The summed E-state index contributed by atoms with van der Waals surface area (Å²) in [5, 5.41) is 8.97. The van der Waals surface area contributed by atoms with Crippen molar-refractivity contribution < 1.29 is 19.4 Å². The van der Waals surface area contributed by atoms with Crippen LogP contribution >= 0.6 is 0 Å². The number of fused-ring (bicyclic) bond motifs is 1. The number of carboxylic acids is 1. The first kappa shape index (κ1) is 12.9. The van der Waals surface area contributed by atoms with E-state index < -0.39 is 5.97 Å². The van der Waals surface area contributed by atoms with Gasteiger partial charge in [-0.25, -0.2) is 0 Å². The summed E-state index contributed by atoms with van der Waals surface area (Å²) >= 11 is 0. The molecule has 0 spiro atoms.